The number of anilines is 1. The molecule has 2 N–H and O–H groups in total. The average molecular weight is 370 g/mol. The Balaban J connectivity index is 2.62. The molecule has 0 saturated carbocycles. The fraction of sp³-hybridized carbons (Fsp3) is 0.611. The van der Waals surface area contributed by atoms with Crippen LogP contribution < -0.4 is 10.6 Å². The Labute approximate surface area is 151 Å². The Morgan fingerprint density at radius 2 is 1.68 bits per heavy atom. The van der Waals surface area contributed by atoms with Gasteiger partial charge in [0.2, 0.25) is 0 Å². The Morgan fingerprint density at radius 3 is 2.12 bits per heavy atom. The molecule has 0 radical (unpaired) electrons. The molecule has 6 nitrogen and oxygen atoms in total. The van der Waals surface area contributed by atoms with E-state index in [0.717, 1.165) is 25.8 Å². The second-order valence-corrected chi connectivity index (χ2v) is 8.65. The van der Waals surface area contributed by atoms with Gasteiger partial charge in [0.1, 0.15) is 0 Å². The van der Waals surface area contributed by atoms with Gasteiger partial charge in [-0.05, 0) is 49.7 Å². The summed E-state index contributed by atoms with van der Waals surface area (Å²) in [6, 6.07) is 6.17. The minimum atomic E-state index is -3.23. The molecular formula is C18H31N3O3S. The maximum absolute atomic E-state index is 12.1. The van der Waals surface area contributed by atoms with Gasteiger partial charge < -0.3 is 10.6 Å². The van der Waals surface area contributed by atoms with Crippen LogP contribution in [0.1, 0.15) is 34.1 Å². The van der Waals surface area contributed by atoms with Crippen molar-refractivity contribution in [1.82, 2.24) is 10.2 Å². The molecule has 0 heterocycles. The molecule has 1 unspecified atom stereocenters. The molecule has 0 fully saturated rings. The van der Waals surface area contributed by atoms with Gasteiger partial charge in [0.15, 0.2) is 9.84 Å². The first-order valence-corrected chi connectivity index (χ1v) is 10.7. The molecule has 0 aliphatic heterocycles. The highest BCUT2D eigenvalue weighted by molar-refractivity contribution is 7.90. The third-order valence-electron chi connectivity index (χ3n) is 4.11. The van der Waals surface area contributed by atoms with E-state index < -0.39 is 9.84 Å². The number of hydrogen-bond donors (Lipinski definition) is 2. The zero-order valence-electron chi connectivity index (χ0n) is 15.9. The van der Waals surface area contributed by atoms with Crippen LogP contribution in [0.5, 0.6) is 0 Å². The van der Waals surface area contributed by atoms with E-state index in [2.05, 4.69) is 43.2 Å². The molecule has 7 heteroatoms. The molecule has 0 spiro atoms. The van der Waals surface area contributed by atoms with Crippen molar-refractivity contribution < 1.29 is 13.2 Å². The summed E-state index contributed by atoms with van der Waals surface area (Å²) in [7, 11) is -3.23. The van der Waals surface area contributed by atoms with Crippen molar-refractivity contribution in [3.05, 3.63) is 24.3 Å². The van der Waals surface area contributed by atoms with E-state index in [9.17, 15) is 13.2 Å². The summed E-state index contributed by atoms with van der Waals surface area (Å²) >= 11 is 0. The molecule has 142 valence electrons. The number of carbonyl (C=O) groups is 1. The minimum Gasteiger partial charge on any atom is -0.336 e. The summed E-state index contributed by atoms with van der Waals surface area (Å²) in [6.07, 6.45) is 2.18. The fourth-order valence-corrected chi connectivity index (χ4v) is 3.45. The zero-order chi connectivity index (χ0) is 19.0. The van der Waals surface area contributed by atoms with Crippen LogP contribution in [0.4, 0.5) is 10.5 Å². The second kappa shape index (κ2) is 9.77. The normalized spacial score (nSPS) is 13.1. The van der Waals surface area contributed by atoms with Gasteiger partial charge in [-0.3, -0.25) is 4.90 Å². The van der Waals surface area contributed by atoms with Crippen LogP contribution in [0.2, 0.25) is 0 Å². The molecule has 1 rings (SSSR count). The molecule has 0 aliphatic rings. The Hall–Kier alpha value is -1.60. The maximum Gasteiger partial charge on any atom is 0.319 e. The monoisotopic (exact) mass is 369 g/mol. The summed E-state index contributed by atoms with van der Waals surface area (Å²) in [6.45, 7) is 11.1. The van der Waals surface area contributed by atoms with Crippen LogP contribution in [0, 0.1) is 5.92 Å². The van der Waals surface area contributed by atoms with Crippen molar-refractivity contribution in [3.63, 3.8) is 0 Å². The van der Waals surface area contributed by atoms with Crippen LogP contribution in [-0.2, 0) is 9.84 Å². The zero-order valence-corrected chi connectivity index (χ0v) is 16.7. The summed E-state index contributed by atoms with van der Waals surface area (Å²) in [5.41, 5.74) is 0.563. The quantitative estimate of drug-likeness (QED) is 0.701. The first kappa shape index (κ1) is 21.4. The van der Waals surface area contributed by atoms with Gasteiger partial charge in [-0.2, -0.15) is 0 Å². The number of nitrogens with zero attached hydrogens (tertiary/aromatic N) is 1. The smallest absolute Gasteiger partial charge is 0.319 e. The van der Waals surface area contributed by atoms with Gasteiger partial charge in [-0.15, -0.1) is 0 Å². The number of sulfone groups is 1. The van der Waals surface area contributed by atoms with Crippen LogP contribution in [0.3, 0.4) is 0 Å². The number of carbonyl (C=O) groups excluding carboxylic acids is 1. The van der Waals surface area contributed by atoms with E-state index in [4.69, 9.17) is 0 Å². The summed E-state index contributed by atoms with van der Waals surface area (Å²) < 4.78 is 22.9. The van der Waals surface area contributed by atoms with Crippen LogP contribution in [-0.4, -0.2) is 51.3 Å². The second-order valence-electron chi connectivity index (χ2n) is 6.64. The number of rotatable bonds is 9. The Bertz CT molecular complexity index is 638. The van der Waals surface area contributed by atoms with Gasteiger partial charge in [0, 0.05) is 24.5 Å². The van der Waals surface area contributed by atoms with Crippen molar-refractivity contribution in [1.29, 1.82) is 0 Å². The van der Waals surface area contributed by atoms with E-state index >= 15 is 0 Å². The Morgan fingerprint density at radius 1 is 1.12 bits per heavy atom. The number of benzene rings is 1. The number of urea groups is 1. The van der Waals surface area contributed by atoms with Crippen molar-refractivity contribution >= 4 is 21.6 Å². The van der Waals surface area contributed by atoms with E-state index in [1.165, 1.54) is 12.1 Å². The van der Waals surface area contributed by atoms with Crippen LogP contribution >= 0.6 is 0 Å². The number of hydrogen-bond acceptors (Lipinski definition) is 4. The molecule has 1 aromatic carbocycles. The highest BCUT2D eigenvalue weighted by atomic mass is 32.2. The molecule has 0 aliphatic carbocycles. The van der Waals surface area contributed by atoms with E-state index in [-0.39, 0.29) is 10.9 Å². The lowest BCUT2D eigenvalue weighted by Gasteiger charge is -2.31. The number of nitrogens with one attached hydrogen (secondary N) is 2. The minimum absolute atomic E-state index is 0.233. The van der Waals surface area contributed by atoms with Crippen molar-refractivity contribution in [2.75, 3.05) is 31.2 Å². The predicted octanol–water partition coefficient (Wildman–Crippen LogP) is 2.97. The van der Waals surface area contributed by atoms with Crippen molar-refractivity contribution in [2.24, 2.45) is 5.92 Å². The van der Waals surface area contributed by atoms with Gasteiger partial charge in [-0.25, -0.2) is 13.2 Å². The van der Waals surface area contributed by atoms with E-state index in [1.54, 1.807) is 12.1 Å². The topological polar surface area (TPSA) is 78.5 Å². The summed E-state index contributed by atoms with van der Waals surface area (Å²) in [5.74, 6) is 0.555. The lowest BCUT2D eigenvalue weighted by molar-refractivity contribution is 0.186. The first-order chi connectivity index (χ1) is 11.7. The number of likely N-dealkylation sites (N-methyl/N-ethyl adjacent to an activating group) is 1. The summed E-state index contributed by atoms with van der Waals surface area (Å²) in [4.78, 5) is 14.7. The largest absolute Gasteiger partial charge is 0.336 e. The van der Waals surface area contributed by atoms with Gasteiger partial charge in [0.05, 0.1) is 4.90 Å². The van der Waals surface area contributed by atoms with Gasteiger partial charge >= 0.3 is 6.03 Å². The highest BCUT2D eigenvalue weighted by Gasteiger charge is 2.18. The van der Waals surface area contributed by atoms with Crippen molar-refractivity contribution in [2.45, 2.75) is 45.1 Å². The van der Waals surface area contributed by atoms with Gasteiger partial charge in [-0.1, -0.05) is 27.7 Å². The standard InChI is InChI=1S/C18H31N3O3S/c1-6-21(7-2)16(12-14(3)4)13-19-18(22)20-15-8-10-17(11-9-15)25(5,23)24/h8-11,14,16H,6-7,12-13H2,1-5H3,(H2,19,20,22). The lowest BCUT2D eigenvalue weighted by Crippen LogP contribution is -2.45. The molecule has 25 heavy (non-hydrogen) atoms. The molecule has 1 aromatic rings. The third-order valence-corrected chi connectivity index (χ3v) is 5.24. The van der Waals surface area contributed by atoms with Crippen molar-refractivity contribution in [3.8, 4) is 0 Å². The summed E-state index contributed by atoms with van der Waals surface area (Å²) in [5, 5.41) is 5.66. The average Bonchev–Trinajstić information content (AvgIpc) is 2.52. The first-order valence-electron chi connectivity index (χ1n) is 8.76. The highest BCUT2D eigenvalue weighted by Crippen LogP contribution is 2.14. The lowest BCUT2D eigenvalue weighted by atomic mass is 10.0. The molecule has 2 amide bonds. The molecular weight excluding hydrogens is 338 g/mol. The Kier molecular flexibility index (Phi) is 8.38. The molecule has 0 bridgehead atoms. The van der Waals surface area contributed by atoms with Crippen LogP contribution in [0.15, 0.2) is 29.2 Å². The predicted molar refractivity (Wildman–Crippen MR) is 103 cm³/mol. The third kappa shape index (κ3) is 7.44. The fourth-order valence-electron chi connectivity index (χ4n) is 2.82. The van der Waals surface area contributed by atoms with E-state index in [1.807, 2.05) is 0 Å². The number of amides is 2. The van der Waals surface area contributed by atoms with E-state index in [0.29, 0.717) is 24.2 Å². The molecule has 0 aromatic heterocycles. The SMILES string of the molecule is CCN(CC)C(CNC(=O)Nc1ccc(S(C)(=O)=O)cc1)CC(C)C. The maximum atomic E-state index is 12.1. The molecule has 1 atom stereocenters. The van der Waals surface area contributed by atoms with Gasteiger partial charge in [0.25, 0.3) is 0 Å². The molecule has 0 saturated heterocycles. The van der Waals surface area contributed by atoms with Crippen LogP contribution in [0.25, 0.3) is 0 Å².